The molecule has 9 rings (SSSR count). The molecular weight excluding hydrogens is 1100 g/mol. The van der Waals surface area contributed by atoms with Crippen LogP contribution in [0.3, 0.4) is 0 Å². The predicted octanol–water partition coefficient (Wildman–Crippen LogP) is 12.6. The second-order valence-electron chi connectivity index (χ2n) is 19.0. The number of hydrogen-bond donors (Lipinski definition) is 0. The number of benzene rings is 7. The standard InChI is InChI=1S/C64H69IO11S/c1-46(65)62(73-45-55-57(69-40-49-28-14-5-15-29-49)58(70-41-50-30-16-6-17-31-50)60(63(66-2)74-55)72-43-52-34-20-8-21-35-52)76-61-59(71-42-51-32-18-7-19-33-51)56(68-39-48-26-12-4-13-27-48)54(44-67-38-47-24-10-3-11-25-47)75-64(61)77-53-36-22-9-23-37-53/h3-37,46,54-64H,38-45H2,1-2H3/t46?,54-,55-,56-,57-,58+,59+,60-,61+,62?,63+,64-/m1/s1. The minimum atomic E-state index is -0.834. The van der Waals surface area contributed by atoms with Gasteiger partial charge in [0, 0.05) is 12.0 Å². The van der Waals surface area contributed by atoms with E-state index in [9.17, 15) is 0 Å². The second kappa shape index (κ2) is 30.5. The lowest BCUT2D eigenvalue weighted by atomic mass is 9.97. The molecule has 0 bridgehead atoms. The summed E-state index contributed by atoms with van der Waals surface area (Å²) in [7, 11) is 1.62. The van der Waals surface area contributed by atoms with Gasteiger partial charge in [0.05, 0.1) is 56.8 Å². The van der Waals surface area contributed by atoms with Gasteiger partial charge in [-0.1, -0.05) is 235 Å². The van der Waals surface area contributed by atoms with Crippen LogP contribution in [0.25, 0.3) is 0 Å². The van der Waals surface area contributed by atoms with Crippen molar-refractivity contribution in [1.82, 2.24) is 0 Å². The predicted molar refractivity (Wildman–Crippen MR) is 306 cm³/mol. The molecule has 12 atom stereocenters. The normalized spacial score (nSPS) is 24.2. The van der Waals surface area contributed by atoms with Crippen LogP contribution in [-0.2, 0) is 91.7 Å². The Morgan fingerprint density at radius 2 is 0.766 bits per heavy atom. The molecule has 2 fully saturated rings. The molecule has 11 nitrogen and oxygen atoms in total. The Labute approximate surface area is 471 Å². The average molecular weight is 1170 g/mol. The summed E-state index contributed by atoms with van der Waals surface area (Å²) in [5.41, 5.74) is 5.51. The smallest absolute Gasteiger partial charge is 0.186 e. The van der Waals surface area contributed by atoms with Crippen molar-refractivity contribution < 1.29 is 52.1 Å². The number of rotatable bonds is 28. The van der Waals surface area contributed by atoms with E-state index >= 15 is 0 Å². The minimum absolute atomic E-state index is 0.0530. The summed E-state index contributed by atoms with van der Waals surface area (Å²) >= 11 is 3.95. The molecule has 0 spiro atoms. The summed E-state index contributed by atoms with van der Waals surface area (Å²) in [6.07, 6.45) is -6.90. The van der Waals surface area contributed by atoms with Gasteiger partial charge in [-0.3, -0.25) is 0 Å². The van der Waals surface area contributed by atoms with Gasteiger partial charge in [-0.2, -0.15) is 0 Å². The molecule has 7 aromatic carbocycles. The highest BCUT2D eigenvalue weighted by molar-refractivity contribution is 14.1. The van der Waals surface area contributed by atoms with Gasteiger partial charge < -0.3 is 52.1 Å². The van der Waals surface area contributed by atoms with Crippen molar-refractivity contribution >= 4 is 34.4 Å². The minimum Gasteiger partial charge on any atom is -0.374 e. The summed E-state index contributed by atoms with van der Waals surface area (Å²) in [5.74, 6) is 0. The number of ether oxygens (including phenoxy) is 11. The third-order valence-corrected chi connectivity index (χ3v) is 15.1. The van der Waals surface area contributed by atoms with Crippen molar-refractivity contribution in [3.63, 3.8) is 0 Å². The van der Waals surface area contributed by atoms with Gasteiger partial charge in [0.15, 0.2) is 12.6 Å². The zero-order chi connectivity index (χ0) is 52.9. The average Bonchev–Trinajstić information content (AvgIpc) is 3.48. The molecule has 13 heteroatoms. The lowest BCUT2D eigenvalue weighted by Crippen LogP contribution is -2.62. The number of halogens is 1. The van der Waals surface area contributed by atoms with Crippen LogP contribution in [-0.4, -0.2) is 91.1 Å². The molecule has 2 unspecified atom stereocenters. The molecule has 77 heavy (non-hydrogen) atoms. The summed E-state index contributed by atoms with van der Waals surface area (Å²) in [6.45, 7) is 4.29. The first-order chi connectivity index (χ1) is 38.0. The van der Waals surface area contributed by atoms with Gasteiger partial charge in [0.25, 0.3) is 0 Å². The highest BCUT2D eigenvalue weighted by atomic mass is 127. The van der Waals surface area contributed by atoms with E-state index in [-0.39, 0.29) is 17.1 Å². The SMILES string of the molecule is CO[C@H]1O[C@H](COC(O[C@H]2[C@@H](OCc3ccccc3)[C@H](OCc3ccccc3)[C@@H](COCc3ccccc3)O[C@@H]2Sc2ccccc2)C(C)I)[C@@H](OCc2ccccc2)[C@H](OCc2ccccc2)[C@H]1OCc1ccccc1. The van der Waals surface area contributed by atoms with Crippen molar-refractivity contribution in [2.24, 2.45) is 0 Å². The van der Waals surface area contributed by atoms with Gasteiger partial charge in [-0.05, 0) is 52.4 Å². The van der Waals surface area contributed by atoms with Crippen LogP contribution in [0.2, 0.25) is 0 Å². The first-order valence-corrected chi connectivity index (χ1v) is 28.5. The molecule has 0 radical (unpaired) electrons. The molecule has 2 heterocycles. The van der Waals surface area contributed by atoms with Crippen LogP contribution >= 0.6 is 34.4 Å². The molecule has 0 N–H and O–H groups in total. The summed E-state index contributed by atoms with van der Waals surface area (Å²) in [4.78, 5) is 1.01. The molecule has 0 amide bonds. The van der Waals surface area contributed by atoms with E-state index in [1.165, 1.54) is 0 Å². The van der Waals surface area contributed by atoms with Crippen molar-refractivity contribution in [2.45, 2.75) is 122 Å². The number of alkyl halides is 1. The Kier molecular flexibility index (Phi) is 22.5. The van der Waals surface area contributed by atoms with Crippen molar-refractivity contribution in [1.29, 1.82) is 0 Å². The first kappa shape index (κ1) is 56.9. The highest BCUT2D eigenvalue weighted by Crippen LogP contribution is 2.40. The van der Waals surface area contributed by atoms with Crippen molar-refractivity contribution in [3.8, 4) is 0 Å². The van der Waals surface area contributed by atoms with E-state index in [0.29, 0.717) is 39.6 Å². The van der Waals surface area contributed by atoms with Crippen LogP contribution in [0.15, 0.2) is 217 Å². The van der Waals surface area contributed by atoms with Gasteiger partial charge in [-0.25, -0.2) is 0 Å². The number of methoxy groups -OCH3 is 1. The van der Waals surface area contributed by atoms with Gasteiger partial charge in [0.2, 0.25) is 0 Å². The van der Waals surface area contributed by atoms with Crippen LogP contribution < -0.4 is 0 Å². The first-order valence-electron chi connectivity index (χ1n) is 26.3. The Morgan fingerprint density at radius 1 is 0.416 bits per heavy atom. The molecule has 404 valence electrons. The zero-order valence-corrected chi connectivity index (χ0v) is 46.5. The van der Waals surface area contributed by atoms with E-state index in [1.807, 2.05) is 164 Å². The maximum Gasteiger partial charge on any atom is 0.186 e. The molecule has 0 aromatic heterocycles. The van der Waals surface area contributed by atoms with Crippen LogP contribution in [0.1, 0.15) is 40.3 Å². The van der Waals surface area contributed by atoms with Gasteiger partial charge in [-0.15, -0.1) is 0 Å². The second-order valence-corrected chi connectivity index (χ2v) is 22.2. The summed E-state index contributed by atoms with van der Waals surface area (Å²) in [5, 5.41) is 0. The Morgan fingerprint density at radius 3 is 1.17 bits per heavy atom. The summed E-state index contributed by atoms with van der Waals surface area (Å²) < 4.78 is 75.7. The zero-order valence-electron chi connectivity index (χ0n) is 43.6. The van der Waals surface area contributed by atoms with E-state index in [2.05, 4.69) is 78.0 Å². The third-order valence-electron chi connectivity index (χ3n) is 13.3. The number of hydrogen-bond acceptors (Lipinski definition) is 12. The van der Waals surface area contributed by atoms with E-state index in [0.717, 1.165) is 38.3 Å². The maximum absolute atomic E-state index is 7.39. The Bertz CT molecular complexity index is 2690. The van der Waals surface area contributed by atoms with E-state index in [4.69, 9.17) is 52.1 Å². The fourth-order valence-electron chi connectivity index (χ4n) is 9.37. The molecule has 0 aliphatic carbocycles. The topological polar surface area (TPSA) is 102 Å². The largest absolute Gasteiger partial charge is 0.374 e. The number of thioether (sulfide) groups is 1. The van der Waals surface area contributed by atoms with Crippen molar-refractivity contribution in [2.75, 3.05) is 20.3 Å². The Balaban J connectivity index is 1.03. The maximum atomic E-state index is 7.39. The summed E-state index contributed by atoms with van der Waals surface area (Å²) in [6, 6.07) is 70.9. The molecule has 2 saturated heterocycles. The molecule has 2 aliphatic rings. The molecular formula is C64H69IO11S. The van der Waals surface area contributed by atoms with Gasteiger partial charge in [0.1, 0.15) is 54.3 Å². The quantitative estimate of drug-likeness (QED) is 0.0265. The van der Waals surface area contributed by atoms with Gasteiger partial charge >= 0.3 is 0 Å². The van der Waals surface area contributed by atoms with Crippen molar-refractivity contribution in [3.05, 3.63) is 246 Å². The highest BCUT2D eigenvalue weighted by Gasteiger charge is 2.52. The van der Waals surface area contributed by atoms with Crippen LogP contribution in [0.5, 0.6) is 0 Å². The van der Waals surface area contributed by atoms with Crippen LogP contribution in [0, 0.1) is 0 Å². The van der Waals surface area contributed by atoms with E-state index < -0.39 is 66.8 Å². The lowest BCUT2D eigenvalue weighted by Gasteiger charge is -2.47. The Hall–Kier alpha value is -4.82. The molecule has 0 saturated carbocycles. The molecule has 7 aromatic rings. The monoisotopic (exact) mass is 1170 g/mol. The molecule has 2 aliphatic heterocycles. The van der Waals surface area contributed by atoms with E-state index in [1.54, 1.807) is 18.9 Å². The lowest BCUT2D eigenvalue weighted by molar-refractivity contribution is -0.331. The fraction of sp³-hybridized carbons (Fsp3) is 0.344. The fourth-order valence-corrected chi connectivity index (χ4v) is 10.9. The third kappa shape index (κ3) is 17.1. The van der Waals surface area contributed by atoms with Crippen LogP contribution in [0.4, 0.5) is 0 Å².